The van der Waals surface area contributed by atoms with Gasteiger partial charge in [-0.05, 0) is 72.2 Å². The van der Waals surface area contributed by atoms with Crippen LogP contribution in [0, 0.1) is 19.8 Å². The molecule has 0 aromatic heterocycles. The van der Waals surface area contributed by atoms with Gasteiger partial charge in [-0.3, -0.25) is 9.69 Å². The van der Waals surface area contributed by atoms with Gasteiger partial charge in [-0.15, -0.1) is 0 Å². The predicted molar refractivity (Wildman–Crippen MR) is 145 cm³/mol. The molecule has 6 nitrogen and oxygen atoms in total. The van der Waals surface area contributed by atoms with E-state index in [1.807, 2.05) is 55.1 Å². The average molecular weight is 512 g/mol. The van der Waals surface area contributed by atoms with Crippen LogP contribution < -0.4 is 4.74 Å². The maximum absolute atomic E-state index is 13.6. The van der Waals surface area contributed by atoms with Gasteiger partial charge in [0.1, 0.15) is 12.4 Å². The number of aryl methyl sites for hydroxylation is 2. The zero-order valence-corrected chi connectivity index (χ0v) is 22.1. The smallest absolute Gasteiger partial charge is 0.410 e. The minimum absolute atomic E-state index is 0.0165. The maximum Gasteiger partial charge on any atom is 0.410 e. The number of morpholine rings is 1. The van der Waals surface area contributed by atoms with Crippen LogP contribution in [0.3, 0.4) is 0 Å². The maximum atomic E-state index is 13.6. The van der Waals surface area contributed by atoms with Gasteiger partial charge in [0.2, 0.25) is 0 Å². The molecule has 38 heavy (non-hydrogen) atoms. The molecule has 3 aromatic carbocycles. The van der Waals surface area contributed by atoms with Crippen LogP contribution in [0.1, 0.15) is 51.4 Å². The van der Waals surface area contributed by atoms with E-state index < -0.39 is 0 Å². The second kappa shape index (κ2) is 9.91. The fourth-order valence-electron chi connectivity index (χ4n) is 6.59. The Morgan fingerprint density at radius 3 is 2.11 bits per heavy atom. The molecule has 3 aromatic rings. The number of methoxy groups -OCH3 is 1. The molecule has 2 heterocycles. The van der Waals surface area contributed by atoms with E-state index in [1.54, 1.807) is 7.11 Å². The summed E-state index contributed by atoms with van der Waals surface area (Å²) >= 11 is 0. The Morgan fingerprint density at radius 1 is 0.895 bits per heavy atom. The van der Waals surface area contributed by atoms with E-state index >= 15 is 0 Å². The first-order chi connectivity index (χ1) is 18.5. The summed E-state index contributed by atoms with van der Waals surface area (Å²) in [6.45, 7) is 5.04. The molecule has 196 valence electrons. The van der Waals surface area contributed by atoms with Gasteiger partial charge in [0.25, 0.3) is 0 Å². The molecule has 2 aliphatic heterocycles. The second-order valence-corrected chi connectivity index (χ2v) is 10.7. The van der Waals surface area contributed by atoms with Gasteiger partial charge in [-0.2, -0.15) is 0 Å². The Bertz CT molecular complexity index is 1340. The number of piperidine rings is 1. The number of fused-ring (bicyclic) bond motifs is 5. The SMILES string of the molecule is COc1cc(C)c(C(=O)C2CC3COCC(C2)N3C(=O)OCC2c3ccccc3-c3ccccc32)cc1C. The van der Waals surface area contributed by atoms with Crippen molar-refractivity contribution in [3.05, 3.63) is 88.5 Å². The molecule has 3 aliphatic rings. The largest absolute Gasteiger partial charge is 0.496 e. The second-order valence-electron chi connectivity index (χ2n) is 10.7. The summed E-state index contributed by atoms with van der Waals surface area (Å²) in [5, 5.41) is 0. The molecule has 0 spiro atoms. The fraction of sp³-hybridized carbons (Fsp3) is 0.375. The number of hydrogen-bond acceptors (Lipinski definition) is 5. The highest BCUT2D eigenvalue weighted by atomic mass is 16.6. The Morgan fingerprint density at radius 2 is 1.50 bits per heavy atom. The lowest BCUT2D eigenvalue weighted by Gasteiger charge is -2.47. The van der Waals surface area contributed by atoms with Gasteiger partial charge in [0.05, 0.1) is 32.4 Å². The highest BCUT2D eigenvalue weighted by molar-refractivity contribution is 5.99. The minimum Gasteiger partial charge on any atom is -0.496 e. The number of carbonyl (C=O) groups excluding carboxylic acids is 2. The molecule has 2 bridgehead atoms. The normalized spacial score (nSPS) is 22.0. The molecule has 2 fully saturated rings. The number of Topliss-reactive ketones (excluding diaryl/α,β-unsaturated/α-hetero) is 1. The van der Waals surface area contributed by atoms with E-state index in [-0.39, 0.29) is 42.4 Å². The van der Waals surface area contributed by atoms with Gasteiger partial charge in [-0.1, -0.05) is 48.5 Å². The number of benzene rings is 3. The number of ether oxygens (including phenoxy) is 3. The third-order valence-corrected chi connectivity index (χ3v) is 8.45. The molecule has 0 saturated carbocycles. The highest BCUT2D eigenvalue weighted by Gasteiger charge is 2.45. The van der Waals surface area contributed by atoms with Crippen molar-refractivity contribution in [2.45, 2.75) is 44.7 Å². The zero-order chi connectivity index (χ0) is 26.4. The van der Waals surface area contributed by atoms with Gasteiger partial charge in [0.15, 0.2) is 5.78 Å². The summed E-state index contributed by atoms with van der Waals surface area (Å²) in [5.74, 6) is 0.785. The standard InChI is InChI=1S/C32H33NO5/c1-19-13-30(36-3)20(2)12-28(19)31(34)21-14-22-16-37-17-23(15-21)33(22)32(35)38-18-29-26-10-6-4-8-24(26)25-9-5-7-11-27(25)29/h4-13,21-23,29H,14-18H2,1-3H3. The van der Waals surface area contributed by atoms with Crippen LogP contribution in [-0.4, -0.2) is 55.8 Å². The molecule has 1 amide bonds. The van der Waals surface area contributed by atoms with Crippen molar-refractivity contribution < 1.29 is 23.8 Å². The summed E-state index contributed by atoms with van der Waals surface area (Å²) in [6.07, 6.45) is 0.834. The lowest BCUT2D eigenvalue weighted by atomic mass is 9.80. The van der Waals surface area contributed by atoms with Crippen LogP contribution in [0.15, 0.2) is 60.7 Å². The third-order valence-electron chi connectivity index (χ3n) is 8.45. The first-order valence-electron chi connectivity index (χ1n) is 13.4. The summed E-state index contributed by atoms with van der Waals surface area (Å²) < 4.78 is 17.2. The van der Waals surface area contributed by atoms with Crippen molar-refractivity contribution in [3.8, 4) is 16.9 Å². The van der Waals surface area contributed by atoms with Crippen molar-refractivity contribution in [3.63, 3.8) is 0 Å². The Kier molecular flexibility index (Phi) is 6.44. The number of nitrogens with zero attached hydrogens (tertiary/aromatic N) is 1. The first-order valence-corrected chi connectivity index (χ1v) is 13.4. The molecule has 0 N–H and O–H groups in total. The number of amides is 1. The lowest BCUT2D eigenvalue weighted by Crippen LogP contribution is -2.60. The fourth-order valence-corrected chi connectivity index (χ4v) is 6.59. The van der Waals surface area contributed by atoms with Crippen molar-refractivity contribution >= 4 is 11.9 Å². The Labute approximate surface area is 223 Å². The highest BCUT2D eigenvalue weighted by Crippen LogP contribution is 2.45. The van der Waals surface area contributed by atoms with E-state index in [9.17, 15) is 9.59 Å². The van der Waals surface area contributed by atoms with Crippen molar-refractivity contribution in [1.82, 2.24) is 4.90 Å². The number of rotatable bonds is 5. The van der Waals surface area contributed by atoms with Crippen LogP contribution in [0.5, 0.6) is 5.75 Å². The summed E-state index contributed by atoms with van der Waals surface area (Å²) in [5.41, 5.74) is 7.40. The third kappa shape index (κ3) is 4.17. The van der Waals surface area contributed by atoms with Crippen LogP contribution in [0.25, 0.3) is 11.1 Å². The topological polar surface area (TPSA) is 65.1 Å². The molecular formula is C32H33NO5. The van der Waals surface area contributed by atoms with Crippen LogP contribution in [0.2, 0.25) is 0 Å². The van der Waals surface area contributed by atoms with Gasteiger partial charge >= 0.3 is 6.09 Å². The minimum atomic E-state index is -0.312. The van der Waals surface area contributed by atoms with Crippen molar-refractivity contribution in [2.24, 2.45) is 5.92 Å². The zero-order valence-electron chi connectivity index (χ0n) is 22.1. The van der Waals surface area contributed by atoms with Gasteiger partial charge in [0, 0.05) is 17.4 Å². The van der Waals surface area contributed by atoms with E-state index in [2.05, 4.69) is 24.3 Å². The molecule has 0 radical (unpaired) electrons. The van der Waals surface area contributed by atoms with E-state index in [4.69, 9.17) is 14.2 Å². The predicted octanol–water partition coefficient (Wildman–Crippen LogP) is 5.92. The molecule has 1 aliphatic carbocycles. The molecule has 6 heteroatoms. The molecule has 6 rings (SSSR count). The monoisotopic (exact) mass is 511 g/mol. The van der Waals surface area contributed by atoms with Crippen LogP contribution in [0.4, 0.5) is 4.79 Å². The first kappa shape index (κ1) is 24.7. The van der Waals surface area contributed by atoms with E-state index in [0.717, 1.165) is 22.4 Å². The Hall–Kier alpha value is -3.64. The Balaban J connectivity index is 1.17. The van der Waals surface area contributed by atoms with E-state index in [1.165, 1.54) is 22.3 Å². The van der Waals surface area contributed by atoms with Gasteiger partial charge in [-0.25, -0.2) is 4.79 Å². The van der Waals surface area contributed by atoms with Crippen LogP contribution in [-0.2, 0) is 9.47 Å². The average Bonchev–Trinajstić information content (AvgIpc) is 3.25. The van der Waals surface area contributed by atoms with Gasteiger partial charge < -0.3 is 14.2 Å². The van der Waals surface area contributed by atoms with E-state index in [0.29, 0.717) is 26.1 Å². The van der Waals surface area contributed by atoms with Crippen molar-refractivity contribution in [1.29, 1.82) is 0 Å². The number of ketones is 1. The number of carbonyl (C=O) groups is 2. The quantitative estimate of drug-likeness (QED) is 0.398. The number of hydrogen-bond donors (Lipinski definition) is 0. The summed E-state index contributed by atoms with van der Waals surface area (Å²) in [6, 6.07) is 20.2. The summed E-state index contributed by atoms with van der Waals surface area (Å²) in [7, 11) is 1.64. The molecule has 2 atom stereocenters. The van der Waals surface area contributed by atoms with Crippen molar-refractivity contribution in [2.75, 3.05) is 26.9 Å². The molecule has 2 saturated heterocycles. The lowest BCUT2D eigenvalue weighted by molar-refractivity contribution is -0.0747. The molecule has 2 unspecified atom stereocenters. The molecular weight excluding hydrogens is 478 g/mol. The summed E-state index contributed by atoms with van der Waals surface area (Å²) in [4.78, 5) is 28.9. The van der Waals surface area contributed by atoms with Crippen LogP contribution >= 0.6 is 0 Å².